The van der Waals surface area contributed by atoms with Gasteiger partial charge in [-0.15, -0.1) is 5.10 Å². The number of nitrogens with one attached hydrogen (secondary N) is 2. The summed E-state index contributed by atoms with van der Waals surface area (Å²) in [7, 11) is 3.31. The van der Waals surface area contributed by atoms with E-state index < -0.39 is 0 Å². The molecule has 4 rings (SSSR count). The van der Waals surface area contributed by atoms with E-state index in [1.165, 1.54) is 0 Å². The second-order valence-corrected chi connectivity index (χ2v) is 7.10. The second-order valence-electron chi connectivity index (χ2n) is 7.10. The van der Waals surface area contributed by atoms with Crippen molar-refractivity contribution in [1.82, 2.24) is 14.8 Å². The van der Waals surface area contributed by atoms with Gasteiger partial charge in [0, 0.05) is 6.42 Å². The number of anilines is 2. The number of methoxy groups -OCH3 is 2. The van der Waals surface area contributed by atoms with Crippen LogP contribution in [0.25, 0.3) is 0 Å². The summed E-state index contributed by atoms with van der Waals surface area (Å²) in [4.78, 5) is 16.3. The Kier molecular flexibility index (Phi) is 5.56. The lowest BCUT2D eigenvalue weighted by atomic mass is 9.93. The number of carbonyl (C=O) groups is 1. The van der Waals surface area contributed by atoms with E-state index in [0.29, 0.717) is 18.3 Å². The molecule has 8 heteroatoms. The zero-order valence-electron chi connectivity index (χ0n) is 17.3. The molecule has 1 aliphatic rings. The van der Waals surface area contributed by atoms with Crippen molar-refractivity contribution >= 4 is 17.8 Å². The van der Waals surface area contributed by atoms with E-state index in [0.717, 1.165) is 29.0 Å². The number of rotatable bonds is 6. The van der Waals surface area contributed by atoms with Crippen LogP contribution in [0.2, 0.25) is 0 Å². The van der Waals surface area contributed by atoms with Crippen molar-refractivity contribution in [3.8, 4) is 11.5 Å². The minimum atomic E-state index is -0.120. The van der Waals surface area contributed by atoms with Crippen molar-refractivity contribution in [3.05, 3.63) is 59.7 Å². The maximum absolute atomic E-state index is 11.8. The molecule has 0 unspecified atom stereocenters. The van der Waals surface area contributed by atoms with Crippen molar-refractivity contribution in [2.24, 2.45) is 0 Å². The number of hydrogen-bond acceptors (Lipinski definition) is 6. The first-order valence-corrected chi connectivity index (χ1v) is 9.92. The molecule has 1 amide bonds. The van der Waals surface area contributed by atoms with E-state index in [2.05, 4.69) is 20.7 Å². The number of benzene rings is 2. The molecule has 2 heterocycles. The minimum absolute atomic E-state index is 0.0365. The zero-order chi connectivity index (χ0) is 21.1. The van der Waals surface area contributed by atoms with Gasteiger partial charge in [0.1, 0.15) is 11.5 Å². The minimum Gasteiger partial charge on any atom is -0.497 e. The number of carbonyl (C=O) groups excluding carboxylic acids is 1. The average Bonchev–Trinajstić information content (AvgIpc) is 3.20. The monoisotopic (exact) mass is 407 g/mol. The van der Waals surface area contributed by atoms with Crippen LogP contribution in [0.5, 0.6) is 11.5 Å². The third-order valence-electron chi connectivity index (χ3n) is 5.28. The van der Waals surface area contributed by atoms with Gasteiger partial charge in [-0.2, -0.15) is 4.98 Å². The molecular weight excluding hydrogens is 382 g/mol. The summed E-state index contributed by atoms with van der Waals surface area (Å²) in [5.41, 5.74) is 2.22. The van der Waals surface area contributed by atoms with Crippen LogP contribution in [0.15, 0.2) is 48.5 Å². The molecule has 2 N–H and O–H groups in total. The Balaban J connectivity index is 1.70. The predicted molar refractivity (Wildman–Crippen MR) is 114 cm³/mol. The first-order valence-electron chi connectivity index (χ1n) is 9.92. The van der Waals surface area contributed by atoms with Crippen molar-refractivity contribution < 1.29 is 14.3 Å². The molecule has 0 saturated heterocycles. The lowest BCUT2D eigenvalue weighted by Gasteiger charge is -2.31. The topological polar surface area (TPSA) is 90.3 Å². The summed E-state index contributed by atoms with van der Waals surface area (Å²) in [5, 5.41) is 10.8. The largest absolute Gasteiger partial charge is 0.497 e. The smallest absolute Gasteiger partial charge is 0.250 e. The molecule has 0 bridgehead atoms. The van der Waals surface area contributed by atoms with Crippen molar-refractivity contribution in [1.29, 1.82) is 0 Å². The van der Waals surface area contributed by atoms with Gasteiger partial charge in [0.25, 0.3) is 5.95 Å². The van der Waals surface area contributed by atoms with Crippen LogP contribution in [0, 0.1) is 0 Å². The number of nitrogens with zero attached hydrogens (tertiary/aromatic N) is 3. The first-order chi connectivity index (χ1) is 14.6. The van der Waals surface area contributed by atoms with Crippen LogP contribution in [0.1, 0.15) is 43.0 Å². The van der Waals surface area contributed by atoms with Crippen LogP contribution in [-0.2, 0) is 4.79 Å². The van der Waals surface area contributed by atoms with E-state index in [1.807, 2.05) is 53.2 Å². The maximum atomic E-state index is 11.8. The molecule has 0 radical (unpaired) electrons. The fourth-order valence-corrected chi connectivity index (χ4v) is 3.60. The summed E-state index contributed by atoms with van der Waals surface area (Å²) in [6, 6.07) is 15.9. The lowest BCUT2D eigenvalue weighted by Crippen LogP contribution is -2.28. The fourth-order valence-electron chi connectivity index (χ4n) is 3.60. The van der Waals surface area contributed by atoms with Crippen LogP contribution >= 0.6 is 0 Å². The van der Waals surface area contributed by atoms with Gasteiger partial charge >= 0.3 is 0 Å². The van der Waals surface area contributed by atoms with Crippen LogP contribution in [0.3, 0.4) is 0 Å². The molecule has 0 aliphatic carbocycles. The first kappa shape index (κ1) is 19.8. The van der Waals surface area contributed by atoms with Gasteiger partial charge in [-0.1, -0.05) is 31.2 Å². The SMILES string of the molecule is CCC(=O)Nc1nc2n(n1)[C@@H](c1ccc(OC)cc1)C[C@H](c1ccc(OC)cc1)N2. The van der Waals surface area contributed by atoms with E-state index in [9.17, 15) is 4.79 Å². The summed E-state index contributed by atoms with van der Waals surface area (Å²) in [5.74, 6) is 2.42. The van der Waals surface area contributed by atoms with Gasteiger partial charge in [-0.25, -0.2) is 4.68 Å². The molecule has 0 saturated carbocycles. The van der Waals surface area contributed by atoms with Gasteiger partial charge < -0.3 is 14.8 Å². The highest BCUT2D eigenvalue weighted by molar-refractivity contribution is 5.88. The molecule has 1 aliphatic heterocycles. The quantitative estimate of drug-likeness (QED) is 0.646. The summed E-state index contributed by atoms with van der Waals surface area (Å²) >= 11 is 0. The molecule has 30 heavy (non-hydrogen) atoms. The molecule has 2 atom stereocenters. The highest BCUT2D eigenvalue weighted by Crippen LogP contribution is 2.38. The third-order valence-corrected chi connectivity index (χ3v) is 5.28. The third kappa shape index (κ3) is 3.94. The van der Waals surface area contributed by atoms with E-state index in [1.54, 1.807) is 21.1 Å². The Morgan fingerprint density at radius 1 is 1.07 bits per heavy atom. The number of amides is 1. The Hall–Kier alpha value is -3.55. The number of fused-ring (bicyclic) bond motifs is 1. The summed E-state index contributed by atoms with van der Waals surface area (Å²) < 4.78 is 12.4. The summed E-state index contributed by atoms with van der Waals surface area (Å²) in [6.45, 7) is 1.80. The molecule has 1 aromatic heterocycles. The standard InChI is InChI=1S/C22H25N5O3/c1-4-20(28)24-21-25-22-23-18(14-5-9-16(29-2)10-6-14)13-19(27(22)26-21)15-7-11-17(30-3)12-8-15/h5-12,18-19H,4,13H2,1-3H3,(H2,23,24,25,26,28)/t18-,19-/m1/s1. The maximum Gasteiger partial charge on any atom is 0.250 e. The van der Waals surface area contributed by atoms with Gasteiger partial charge in [-0.3, -0.25) is 10.1 Å². The molecular formula is C22H25N5O3. The fraction of sp³-hybridized carbons (Fsp3) is 0.318. The van der Waals surface area contributed by atoms with Crippen molar-refractivity contribution in [2.45, 2.75) is 31.8 Å². The van der Waals surface area contributed by atoms with E-state index >= 15 is 0 Å². The second kappa shape index (κ2) is 8.44. The number of ether oxygens (including phenoxy) is 2. The van der Waals surface area contributed by atoms with E-state index in [4.69, 9.17) is 9.47 Å². The number of aromatic nitrogens is 3. The molecule has 156 valence electrons. The predicted octanol–water partition coefficient (Wildman–Crippen LogP) is 3.79. The Morgan fingerprint density at radius 3 is 2.23 bits per heavy atom. The number of hydrogen-bond donors (Lipinski definition) is 2. The van der Waals surface area contributed by atoms with E-state index in [-0.39, 0.29) is 18.0 Å². The molecule has 3 aromatic rings. The molecule has 8 nitrogen and oxygen atoms in total. The average molecular weight is 407 g/mol. The van der Waals surface area contributed by atoms with Crippen LogP contribution in [-0.4, -0.2) is 34.9 Å². The Morgan fingerprint density at radius 2 is 1.67 bits per heavy atom. The summed E-state index contributed by atoms with van der Waals surface area (Å²) in [6.07, 6.45) is 1.14. The molecule has 0 spiro atoms. The van der Waals surface area contributed by atoms with Crippen LogP contribution in [0.4, 0.5) is 11.9 Å². The zero-order valence-corrected chi connectivity index (χ0v) is 17.3. The Bertz CT molecular complexity index is 1010. The molecule has 0 fully saturated rings. The normalized spacial score (nSPS) is 17.6. The van der Waals surface area contributed by atoms with Gasteiger partial charge in [0.05, 0.1) is 26.3 Å². The highest BCUT2D eigenvalue weighted by atomic mass is 16.5. The van der Waals surface area contributed by atoms with Crippen molar-refractivity contribution in [2.75, 3.05) is 24.9 Å². The van der Waals surface area contributed by atoms with Gasteiger partial charge in [-0.05, 0) is 41.8 Å². The highest BCUT2D eigenvalue weighted by Gasteiger charge is 2.31. The van der Waals surface area contributed by atoms with Gasteiger partial charge in [0.15, 0.2) is 0 Å². The lowest BCUT2D eigenvalue weighted by molar-refractivity contribution is -0.115. The van der Waals surface area contributed by atoms with Crippen molar-refractivity contribution in [3.63, 3.8) is 0 Å². The Labute approximate surface area is 175 Å². The van der Waals surface area contributed by atoms with Gasteiger partial charge in [0.2, 0.25) is 11.9 Å². The van der Waals surface area contributed by atoms with Crippen LogP contribution < -0.4 is 20.1 Å². The molecule has 2 aromatic carbocycles.